The van der Waals surface area contributed by atoms with Crippen LogP contribution in [0.1, 0.15) is 13.3 Å². The minimum absolute atomic E-state index is 1.11. The second-order valence-electron chi connectivity index (χ2n) is 2.23. The van der Waals surface area contributed by atoms with E-state index in [1.165, 1.54) is 6.42 Å². The molecule has 9 heavy (non-hydrogen) atoms. The number of hydrogen-bond donors (Lipinski definition) is 0. The summed E-state index contributed by atoms with van der Waals surface area (Å²) < 4.78 is 4.27. The maximum absolute atomic E-state index is 2.18. The first kappa shape index (κ1) is 6.33. The van der Waals surface area contributed by atoms with Gasteiger partial charge < -0.3 is 0 Å². The molecule has 1 heterocycles. The molecule has 0 radical (unpaired) electrons. The van der Waals surface area contributed by atoms with Gasteiger partial charge in [0.2, 0.25) is 0 Å². The molecular weight excluding hydrogens is 112 g/mol. The van der Waals surface area contributed by atoms with Crippen LogP contribution in [0.2, 0.25) is 0 Å². The highest BCUT2D eigenvalue weighted by Gasteiger charge is 1.96. The Morgan fingerprint density at radius 1 is 1.56 bits per heavy atom. The molecule has 0 aliphatic rings. The number of aryl methyl sites for hydroxylation is 2. The summed E-state index contributed by atoms with van der Waals surface area (Å²) in [6.45, 7) is 3.30. The Morgan fingerprint density at radius 3 is 2.78 bits per heavy atom. The average molecular weight is 125 g/mol. The van der Waals surface area contributed by atoms with Crippen molar-refractivity contribution >= 4 is 0 Å². The van der Waals surface area contributed by atoms with Crippen molar-refractivity contribution in [2.24, 2.45) is 7.05 Å². The molecule has 0 N–H and O–H groups in total. The van der Waals surface area contributed by atoms with E-state index >= 15 is 0 Å². The second-order valence-corrected chi connectivity index (χ2v) is 2.23. The number of nitrogens with zero attached hydrogens (tertiary/aromatic N) is 2. The van der Waals surface area contributed by atoms with Gasteiger partial charge in [-0.3, -0.25) is 0 Å². The lowest BCUT2D eigenvalue weighted by atomic mass is 10.5. The van der Waals surface area contributed by atoms with Crippen LogP contribution < -0.4 is 4.68 Å². The summed E-state index contributed by atoms with van der Waals surface area (Å²) in [5.41, 5.74) is 0. The number of rotatable bonds is 2. The molecule has 0 saturated carbocycles. The maximum atomic E-state index is 2.18. The van der Waals surface area contributed by atoms with Crippen molar-refractivity contribution in [1.29, 1.82) is 0 Å². The van der Waals surface area contributed by atoms with E-state index in [4.69, 9.17) is 0 Å². The lowest BCUT2D eigenvalue weighted by Crippen LogP contribution is -2.37. The standard InChI is InChI=1S/C7H13N2/c1-3-5-9-7-4-6-8(9)2/h4,6-7H,3,5H2,1-2H3/q+1. The molecule has 2 nitrogen and oxygen atoms in total. The summed E-state index contributed by atoms with van der Waals surface area (Å²) in [6, 6.07) is 2.05. The van der Waals surface area contributed by atoms with Crippen LogP contribution in [0.15, 0.2) is 18.5 Å². The highest BCUT2D eigenvalue weighted by Crippen LogP contribution is 1.83. The van der Waals surface area contributed by atoms with Gasteiger partial charge in [-0.15, -0.1) is 4.68 Å². The third-order valence-corrected chi connectivity index (χ3v) is 1.42. The Hall–Kier alpha value is -0.790. The zero-order chi connectivity index (χ0) is 6.69. The predicted octanol–water partition coefficient (Wildman–Crippen LogP) is 0.723. The smallest absolute Gasteiger partial charge is 0.161 e. The maximum Gasteiger partial charge on any atom is 0.195 e. The molecule has 0 aromatic carbocycles. The van der Waals surface area contributed by atoms with Crippen molar-refractivity contribution in [3.8, 4) is 0 Å². The van der Waals surface area contributed by atoms with Crippen LogP contribution >= 0.6 is 0 Å². The molecule has 0 spiro atoms. The predicted molar refractivity (Wildman–Crippen MR) is 35.9 cm³/mol. The third kappa shape index (κ3) is 1.31. The van der Waals surface area contributed by atoms with E-state index in [9.17, 15) is 0 Å². The van der Waals surface area contributed by atoms with Gasteiger partial charge >= 0.3 is 0 Å². The molecule has 0 atom stereocenters. The van der Waals surface area contributed by atoms with Gasteiger partial charge in [-0.05, 0) is 6.42 Å². The minimum Gasteiger partial charge on any atom is -0.161 e. The van der Waals surface area contributed by atoms with Gasteiger partial charge in [-0.2, -0.15) is 4.68 Å². The van der Waals surface area contributed by atoms with E-state index in [-0.39, 0.29) is 0 Å². The van der Waals surface area contributed by atoms with Crippen molar-refractivity contribution in [3.05, 3.63) is 18.5 Å². The summed E-state index contributed by atoms with van der Waals surface area (Å²) in [5.74, 6) is 0. The molecule has 1 rings (SSSR count). The Kier molecular flexibility index (Phi) is 1.88. The largest absolute Gasteiger partial charge is 0.195 e. The van der Waals surface area contributed by atoms with Crippen LogP contribution in [0.4, 0.5) is 0 Å². The average Bonchev–Trinajstić information content (AvgIpc) is 2.18. The molecule has 0 bridgehead atoms. The third-order valence-electron chi connectivity index (χ3n) is 1.42. The second kappa shape index (κ2) is 2.67. The van der Waals surface area contributed by atoms with E-state index in [0.29, 0.717) is 0 Å². The molecule has 0 aliphatic carbocycles. The first-order valence-electron chi connectivity index (χ1n) is 3.35. The first-order chi connectivity index (χ1) is 4.34. The highest BCUT2D eigenvalue weighted by atomic mass is 15.4. The lowest BCUT2D eigenvalue weighted by molar-refractivity contribution is -0.753. The van der Waals surface area contributed by atoms with E-state index < -0.39 is 0 Å². The molecule has 1 aromatic rings. The van der Waals surface area contributed by atoms with Crippen molar-refractivity contribution < 1.29 is 4.68 Å². The van der Waals surface area contributed by atoms with Crippen LogP contribution in [-0.4, -0.2) is 4.68 Å². The summed E-state index contributed by atoms with van der Waals surface area (Å²) >= 11 is 0. The zero-order valence-corrected chi connectivity index (χ0v) is 6.04. The SMILES string of the molecule is CCCn1ccc[n+]1C. The van der Waals surface area contributed by atoms with Crippen molar-refractivity contribution in [2.45, 2.75) is 19.9 Å². The number of hydrogen-bond acceptors (Lipinski definition) is 0. The fraction of sp³-hybridized carbons (Fsp3) is 0.571. The van der Waals surface area contributed by atoms with Crippen LogP contribution in [0, 0.1) is 0 Å². The summed E-state index contributed by atoms with van der Waals surface area (Å²) in [6.07, 6.45) is 5.33. The van der Waals surface area contributed by atoms with Gasteiger partial charge in [0, 0.05) is 6.07 Å². The van der Waals surface area contributed by atoms with Crippen molar-refractivity contribution in [2.75, 3.05) is 0 Å². The quantitative estimate of drug-likeness (QED) is 0.515. The Balaban J connectivity index is 2.69. The van der Waals surface area contributed by atoms with E-state index in [2.05, 4.69) is 41.8 Å². The molecule has 2 heteroatoms. The van der Waals surface area contributed by atoms with Gasteiger partial charge in [0.05, 0.1) is 12.7 Å². The van der Waals surface area contributed by atoms with Gasteiger partial charge in [-0.25, -0.2) is 0 Å². The topological polar surface area (TPSA) is 8.81 Å². The lowest BCUT2D eigenvalue weighted by Gasteiger charge is -1.93. The normalized spacial score (nSPS) is 10.0. The Labute approximate surface area is 55.7 Å². The van der Waals surface area contributed by atoms with Crippen LogP contribution in [0.25, 0.3) is 0 Å². The molecule has 0 aliphatic heterocycles. The fourth-order valence-electron chi connectivity index (χ4n) is 0.915. The van der Waals surface area contributed by atoms with E-state index in [1.807, 2.05) is 0 Å². The highest BCUT2D eigenvalue weighted by molar-refractivity contribution is 4.70. The van der Waals surface area contributed by atoms with Gasteiger partial charge in [-0.1, -0.05) is 6.92 Å². The number of aromatic nitrogens is 2. The first-order valence-corrected chi connectivity index (χ1v) is 3.35. The van der Waals surface area contributed by atoms with Crippen LogP contribution in [-0.2, 0) is 13.6 Å². The molecular formula is C7H13N2+. The van der Waals surface area contributed by atoms with Crippen LogP contribution in [0.3, 0.4) is 0 Å². The molecule has 1 aromatic heterocycles. The van der Waals surface area contributed by atoms with Gasteiger partial charge in [0.1, 0.15) is 0 Å². The zero-order valence-electron chi connectivity index (χ0n) is 6.04. The fourth-order valence-corrected chi connectivity index (χ4v) is 0.915. The molecule has 0 amide bonds. The van der Waals surface area contributed by atoms with Gasteiger partial charge in [0.25, 0.3) is 0 Å². The molecule has 0 unspecified atom stereocenters. The monoisotopic (exact) mass is 125 g/mol. The summed E-state index contributed by atoms with van der Waals surface area (Å²) in [4.78, 5) is 0. The Bertz CT molecular complexity index is 179. The molecule has 0 saturated heterocycles. The summed E-state index contributed by atoms with van der Waals surface area (Å²) in [7, 11) is 2.05. The van der Waals surface area contributed by atoms with Crippen LogP contribution in [0.5, 0.6) is 0 Å². The van der Waals surface area contributed by atoms with Crippen molar-refractivity contribution in [1.82, 2.24) is 4.68 Å². The molecule has 0 fully saturated rings. The van der Waals surface area contributed by atoms with E-state index in [1.54, 1.807) is 0 Å². The summed E-state index contributed by atoms with van der Waals surface area (Å²) in [5, 5.41) is 0. The van der Waals surface area contributed by atoms with Gasteiger partial charge in [0.15, 0.2) is 13.2 Å². The Morgan fingerprint density at radius 2 is 2.33 bits per heavy atom. The van der Waals surface area contributed by atoms with Crippen molar-refractivity contribution in [3.63, 3.8) is 0 Å². The van der Waals surface area contributed by atoms with E-state index in [0.717, 1.165) is 6.54 Å². The minimum atomic E-state index is 1.11. The molecule has 50 valence electrons.